The van der Waals surface area contributed by atoms with E-state index >= 15 is 0 Å². The fourth-order valence-electron chi connectivity index (χ4n) is 1.87. The van der Waals surface area contributed by atoms with E-state index in [1.807, 2.05) is 19.1 Å². The number of aromatic nitrogens is 2. The van der Waals surface area contributed by atoms with Gasteiger partial charge in [0.25, 0.3) is 5.56 Å². The van der Waals surface area contributed by atoms with E-state index in [0.717, 1.165) is 5.69 Å². The number of aryl methyl sites for hydroxylation is 1. The zero-order valence-corrected chi connectivity index (χ0v) is 11.6. The quantitative estimate of drug-likeness (QED) is 0.915. The van der Waals surface area contributed by atoms with Crippen LogP contribution in [0.3, 0.4) is 0 Å². The summed E-state index contributed by atoms with van der Waals surface area (Å²) in [6, 6.07) is 8.07. The molecule has 1 aromatic heterocycles. The van der Waals surface area contributed by atoms with E-state index in [9.17, 15) is 4.79 Å². The first-order valence-electron chi connectivity index (χ1n) is 6.54. The van der Waals surface area contributed by atoms with Crippen molar-refractivity contribution in [2.45, 2.75) is 33.2 Å². The zero-order chi connectivity index (χ0) is 13.8. The van der Waals surface area contributed by atoms with Crippen molar-refractivity contribution in [1.82, 2.24) is 9.55 Å². The molecule has 1 N–H and O–H groups in total. The van der Waals surface area contributed by atoms with Crippen LogP contribution in [0.1, 0.15) is 32.3 Å². The Kier molecular flexibility index (Phi) is 4.00. The van der Waals surface area contributed by atoms with E-state index in [2.05, 4.69) is 36.3 Å². The Morgan fingerprint density at radius 1 is 1.26 bits per heavy atom. The van der Waals surface area contributed by atoms with Crippen molar-refractivity contribution < 1.29 is 0 Å². The van der Waals surface area contributed by atoms with E-state index in [1.165, 1.54) is 5.56 Å². The third kappa shape index (κ3) is 3.02. The summed E-state index contributed by atoms with van der Waals surface area (Å²) in [6.45, 7) is 6.88. The third-order valence-corrected chi connectivity index (χ3v) is 3.09. The summed E-state index contributed by atoms with van der Waals surface area (Å²) in [5.41, 5.74) is 2.05. The molecule has 4 heteroatoms. The monoisotopic (exact) mass is 257 g/mol. The second kappa shape index (κ2) is 5.69. The van der Waals surface area contributed by atoms with E-state index < -0.39 is 0 Å². The third-order valence-electron chi connectivity index (χ3n) is 3.09. The summed E-state index contributed by atoms with van der Waals surface area (Å²) in [5.74, 6) is 0.864. The van der Waals surface area contributed by atoms with Crippen LogP contribution in [0.25, 0.3) is 0 Å². The summed E-state index contributed by atoms with van der Waals surface area (Å²) in [7, 11) is 0. The van der Waals surface area contributed by atoms with Gasteiger partial charge in [-0.1, -0.05) is 26.0 Å². The van der Waals surface area contributed by atoms with Crippen molar-refractivity contribution in [3.8, 4) is 0 Å². The molecule has 0 amide bonds. The molecule has 2 rings (SSSR count). The summed E-state index contributed by atoms with van der Waals surface area (Å²) in [6.07, 6.45) is 3.32. The van der Waals surface area contributed by atoms with Gasteiger partial charge in [0, 0.05) is 24.6 Å². The standard InChI is InChI=1S/C15H19N3O/c1-4-18-10-9-16-14(15(18)19)17-13-7-5-12(6-8-13)11(2)3/h5-11H,4H2,1-3H3,(H,16,17). The maximum Gasteiger partial charge on any atom is 0.293 e. The predicted octanol–water partition coefficient (Wildman–Crippen LogP) is 3.13. The van der Waals surface area contributed by atoms with Crippen LogP contribution in [-0.4, -0.2) is 9.55 Å². The lowest BCUT2D eigenvalue weighted by Crippen LogP contribution is -2.22. The van der Waals surface area contributed by atoms with Crippen LogP contribution < -0.4 is 10.9 Å². The summed E-state index contributed by atoms with van der Waals surface area (Å²) < 4.78 is 1.62. The normalized spacial score (nSPS) is 10.7. The summed E-state index contributed by atoms with van der Waals surface area (Å²) in [5, 5.41) is 3.07. The highest BCUT2D eigenvalue weighted by molar-refractivity contribution is 5.55. The molecule has 19 heavy (non-hydrogen) atoms. The van der Waals surface area contributed by atoms with Gasteiger partial charge < -0.3 is 9.88 Å². The zero-order valence-electron chi connectivity index (χ0n) is 11.6. The van der Waals surface area contributed by atoms with Crippen LogP contribution in [0.15, 0.2) is 41.5 Å². The molecule has 0 fully saturated rings. The van der Waals surface area contributed by atoms with E-state index in [-0.39, 0.29) is 5.56 Å². The van der Waals surface area contributed by atoms with Gasteiger partial charge in [0.1, 0.15) is 0 Å². The SMILES string of the molecule is CCn1ccnc(Nc2ccc(C(C)C)cc2)c1=O. The van der Waals surface area contributed by atoms with Crippen LogP contribution in [0.4, 0.5) is 11.5 Å². The molecule has 2 aromatic rings. The van der Waals surface area contributed by atoms with E-state index in [0.29, 0.717) is 18.3 Å². The second-order valence-corrected chi connectivity index (χ2v) is 4.77. The largest absolute Gasteiger partial charge is 0.336 e. The second-order valence-electron chi connectivity index (χ2n) is 4.77. The molecular formula is C15H19N3O. The van der Waals surface area contributed by atoms with Gasteiger partial charge in [-0.05, 0) is 30.5 Å². The van der Waals surface area contributed by atoms with Crippen LogP contribution in [0.2, 0.25) is 0 Å². The van der Waals surface area contributed by atoms with Gasteiger partial charge in [-0.2, -0.15) is 0 Å². The summed E-state index contributed by atoms with van der Waals surface area (Å²) in [4.78, 5) is 16.1. The van der Waals surface area contributed by atoms with Crippen molar-refractivity contribution in [2.24, 2.45) is 0 Å². The Labute approximate surface area is 113 Å². The van der Waals surface area contributed by atoms with Crippen LogP contribution in [0, 0.1) is 0 Å². The lowest BCUT2D eigenvalue weighted by atomic mass is 10.0. The lowest BCUT2D eigenvalue weighted by molar-refractivity contribution is 0.720. The Morgan fingerprint density at radius 2 is 1.95 bits per heavy atom. The van der Waals surface area contributed by atoms with E-state index in [4.69, 9.17) is 0 Å². The average Bonchev–Trinajstić information content (AvgIpc) is 2.42. The van der Waals surface area contributed by atoms with Crippen molar-refractivity contribution in [3.05, 3.63) is 52.6 Å². The number of anilines is 2. The topological polar surface area (TPSA) is 46.9 Å². The molecule has 0 atom stereocenters. The predicted molar refractivity (Wildman–Crippen MR) is 78.0 cm³/mol. The highest BCUT2D eigenvalue weighted by Crippen LogP contribution is 2.18. The minimum absolute atomic E-state index is 0.0991. The number of nitrogens with zero attached hydrogens (tertiary/aromatic N) is 2. The molecule has 0 bridgehead atoms. The summed E-state index contributed by atoms with van der Waals surface area (Å²) >= 11 is 0. The molecule has 100 valence electrons. The fraction of sp³-hybridized carbons (Fsp3) is 0.333. The van der Waals surface area contributed by atoms with Crippen molar-refractivity contribution in [1.29, 1.82) is 0 Å². The molecule has 0 saturated heterocycles. The fourth-order valence-corrected chi connectivity index (χ4v) is 1.87. The van der Waals surface area contributed by atoms with Crippen LogP contribution >= 0.6 is 0 Å². The first-order valence-corrected chi connectivity index (χ1v) is 6.54. The number of rotatable bonds is 4. The number of hydrogen-bond acceptors (Lipinski definition) is 3. The average molecular weight is 257 g/mol. The van der Waals surface area contributed by atoms with Gasteiger partial charge in [0.15, 0.2) is 5.82 Å². The van der Waals surface area contributed by atoms with Gasteiger partial charge in [0.05, 0.1) is 0 Å². The first kappa shape index (κ1) is 13.3. The van der Waals surface area contributed by atoms with Gasteiger partial charge >= 0.3 is 0 Å². The highest BCUT2D eigenvalue weighted by Gasteiger charge is 2.04. The van der Waals surface area contributed by atoms with Crippen molar-refractivity contribution >= 4 is 11.5 Å². The van der Waals surface area contributed by atoms with Gasteiger partial charge in [-0.15, -0.1) is 0 Å². The number of nitrogens with one attached hydrogen (secondary N) is 1. The smallest absolute Gasteiger partial charge is 0.293 e. The Balaban J connectivity index is 2.24. The molecule has 0 spiro atoms. The minimum Gasteiger partial charge on any atom is -0.336 e. The molecule has 0 radical (unpaired) electrons. The first-order chi connectivity index (χ1) is 9.11. The highest BCUT2D eigenvalue weighted by atomic mass is 16.1. The van der Waals surface area contributed by atoms with Crippen LogP contribution in [0.5, 0.6) is 0 Å². The van der Waals surface area contributed by atoms with Crippen molar-refractivity contribution in [2.75, 3.05) is 5.32 Å². The molecule has 0 aliphatic rings. The maximum absolute atomic E-state index is 12.0. The molecule has 1 aromatic carbocycles. The molecule has 0 aliphatic heterocycles. The molecule has 1 heterocycles. The Bertz CT molecular complexity index is 600. The number of hydrogen-bond donors (Lipinski definition) is 1. The number of benzene rings is 1. The Morgan fingerprint density at radius 3 is 2.53 bits per heavy atom. The maximum atomic E-state index is 12.0. The van der Waals surface area contributed by atoms with E-state index in [1.54, 1.807) is 17.0 Å². The minimum atomic E-state index is -0.0991. The van der Waals surface area contributed by atoms with Gasteiger partial charge in [0.2, 0.25) is 0 Å². The molecule has 0 saturated carbocycles. The molecular weight excluding hydrogens is 238 g/mol. The molecule has 4 nitrogen and oxygen atoms in total. The molecule has 0 aliphatic carbocycles. The lowest BCUT2D eigenvalue weighted by Gasteiger charge is -2.09. The molecule has 0 unspecified atom stereocenters. The Hall–Kier alpha value is -2.10. The van der Waals surface area contributed by atoms with Gasteiger partial charge in [-0.3, -0.25) is 4.79 Å². The van der Waals surface area contributed by atoms with Crippen molar-refractivity contribution in [3.63, 3.8) is 0 Å². The van der Waals surface area contributed by atoms with Gasteiger partial charge in [-0.25, -0.2) is 4.98 Å². The van der Waals surface area contributed by atoms with Crippen LogP contribution in [-0.2, 0) is 6.54 Å².